The Hall–Kier alpha value is -1.06. The van der Waals surface area contributed by atoms with E-state index in [9.17, 15) is 0 Å². The van der Waals surface area contributed by atoms with Gasteiger partial charge in [-0.15, -0.1) is 0 Å². The zero-order valence-electron chi connectivity index (χ0n) is 13.2. The Morgan fingerprint density at radius 1 is 1.37 bits per heavy atom. The number of hydrogen-bond donors (Lipinski definition) is 1. The number of benzene rings is 1. The quantitative estimate of drug-likeness (QED) is 0.858. The number of ether oxygens (including phenoxy) is 1. The highest BCUT2D eigenvalue weighted by molar-refractivity contribution is 5.39. The summed E-state index contributed by atoms with van der Waals surface area (Å²) < 4.78 is 5.42. The van der Waals surface area contributed by atoms with E-state index in [0.717, 1.165) is 24.3 Å². The lowest BCUT2D eigenvalue weighted by atomic mass is 9.97. The molecule has 2 N–H and O–H groups in total. The molecule has 19 heavy (non-hydrogen) atoms. The van der Waals surface area contributed by atoms with Crippen LogP contribution >= 0.6 is 0 Å². The van der Waals surface area contributed by atoms with Crippen molar-refractivity contribution in [3.05, 3.63) is 29.3 Å². The maximum atomic E-state index is 6.37. The number of hydrogen-bond acceptors (Lipinski definition) is 3. The maximum absolute atomic E-state index is 6.37. The van der Waals surface area contributed by atoms with E-state index in [4.69, 9.17) is 10.5 Å². The Morgan fingerprint density at radius 3 is 2.53 bits per heavy atom. The topological polar surface area (TPSA) is 38.5 Å². The molecule has 0 fully saturated rings. The van der Waals surface area contributed by atoms with Crippen molar-refractivity contribution in [1.82, 2.24) is 4.90 Å². The summed E-state index contributed by atoms with van der Waals surface area (Å²) in [6, 6.07) is 6.13. The summed E-state index contributed by atoms with van der Waals surface area (Å²) in [4.78, 5) is 2.32. The molecule has 0 amide bonds. The summed E-state index contributed by atoms with van der Waals surface area (Å²) in [5.74, 6) is 0.876. The Kier molecular flexibility index (Phi) is 5.39. The zero-order valence-corrected chi connectivity index (χ0v) is 13.2. The summed E-state index contributed by atoms with van der Waals surface area (Å²) in [5, 5.41) is 0. The third kappa shape index (κ3) is 3.95. The third-order valence-electron chi connectivity index (χ3n) is 4.15. The summed E-state index contributed by atoms with van der Waals surface area (Å²) in [5.41, 5.74) is 8.83. The smallest absolute Gasteiger partial charge is 0.123 e. The van der Waals surface area contributed by atoms with Crippen molar-refractivity contribution in [2.24, 2.45) is 5.73 Å². The Labute approximate surface area is 117 Å². The molecule has 0 spiro atoms. The van der Waals surface area contributed by atoms with Gasteiger partial charge in [-0.2, -0.15) is 0 Å². The molecule has 0 saturated heterocycles. The minimum Gasteiger partial charge on any atom is -0.496 e. The van der Waals surface area contributed by atoms with Crippen molar-refractivity contribution in [1.29, 1.82) is 0 Å². The van der Waals surface area contributed by atoms with Gasteiger partial charge < -0.3 is 10.5 Å². The second-order valence-corrected chi connectivity index (χ2v) is 5.90. The minimum absolute atomic E-state index is 0.0364. The summed E-state index contributed by atoms with van der Waals surface area (Å²) >= 11 is 0. The van der Waals surface area contributed by atoms with Gasteiger partial charge in [-0.3, -0.25) is 4.90 Å². The monoisotopic (exact) mass is 264 g/mol. The molecule has 1 unspecified atom stereocenters. The van der Waals surface area contributed by atoms with Crippen LogP contribution in [-0.4, -0.2) is 31.1 Å². The molecule has 0 radical (unpaired) electrons. The molecule has 0 aliphatic rings. The Morgan fingerprint density at radius 2 is 2.00 bits per heavy atom. The van der Waals surface area contributed by atoms with Crippen molar-refractivity contribution in [2.75, 3.05) is 20.7 Å². The first-order valence-electron chi connectivity index (χ1n) is 6.93. The lowest BCUT2D eigenvalue weighted by molar-refractivity contribution is 0.142. The highest BCUT2D eigenvalue weighted by Gasteiger charge is 2.24. The zero-order chi connectivity index (χ0) is 14.6. The second kappa shape index (κ2) is 6.40. The average molecular weight is 264 g/mol. The molecule has 108 valence electrons. The van der Waals surface area contributed by atoms with Crippen molar-refractivity contribution in [2.45, 2.75) is 45.7 Å². The van der Waals surface area contributed by atoms with Gasteiger partial charge in [-0.25, -0.2) is 0 Å². The summed E-state index contributed by atoms with van der Waals surface area (Å²) in [7, 11) is 3.83. The Bertz CT molecular complexity index is 415. The van der Waals surface area contributed by atoms with Crippen LogP contribution in [0, 0.1) is 6.92 Å². The predicted molar refractivity (Wildman–Crippen MR) is 81.7 cm³/mol. The number of methoxy groups -OCH3 is 1. The van der Waals surface area contributed by atoms with Gasteiger partial charge >= 0.3 is 0 Å². The number of nitrogens with two attached hydrogens (primary N) is 1. The van der Waals surface area contributed by atoms with Crippen molar-refractivity contribution >= 4 is 0 Å². The first kappa shape index (κ1) is 16.0. The molecule has 0 bridgehead atoms. The van der Waals surface area contributed by atoms with E-state index in [1.807, 2.05) is 6.07 Å². The number of rotatable bonds is 6. The van der Waals surface area contributed by atoms with Crippen LogP contribution in [0.3, 0.4) is 0 Å². The third-order valence-corrected chi connectivity index (χ3v) is 4.15. The van der Waals surface area contributed by atoms with Crippen LogP contribution in [0.15, 0.2) is 18.2 Å². The fourth-order valence-corrected chi connectivity index (χ4v) is 2.05. The predicted octanol–water partition coefficient (Wildman–Crippen LogP) is 3.12. The van der Waals surface area contributed by atoms with Crippen LogP contribution in [0.4, 0.5) is 0 Å². The van der Waals surface area contributed by atoms with Gasteiger partial charge in [0.05, 0.1) is 7.11 Å². The van der Waals surface area contributed by atoms with E-state index >= 15 is 0 Å². The van der Waals surface area contributed by atoms with Crippen LogP contribution in [0.1, 0.15) is 44.4 Å². The van der Waals surface area contributed by atoms with Gasteiger partial charge in [0, 0.05) is 23.7 Å². The normalized spacial score (nSPS) is 13.7. The van der Waals surface area contributed by atoms with Crippen molar-refractivity contribution in [3.63, 3.8) is 0 Å². The van der Waals surface area contributed by atoms with E-state index in [1.165, 1.54) is 5.56 Å². The molecule has 1 atom stereocenters. The number of likely N-dealkylation sites (N-methyl/N-ethyl adjacent to an activating group) is 1. The van der Waals surface area contributed by atoms with Gasteiger partial charge in [0.2, 0.25) is 0 Å². The highest BCUT2D eigenvalue weighted by Crippen LogP contribution is 2.27. The number of nitrogens with zero attached hydrogens (tertiary/aromatic N) is 1. The second-order valence-electron chi connectivity index (χ2n) is 5.90. The molecule has 3 heteroatoms. The molecular weight excluding hydrogens is 236 g/mol. The van der Waals surface area contributed by atoms with E-state index in [2.05, 4.69) is 51.8 Å². The largest absolute Gasteiger partial charge is 0.496 e. The van der Waals surface area contributed by atoms with Crippen LogP contribution in [0.2, 0.25) is 0 Å². The first-order chi connectivity index (χ1) is 8.81. The van der Waals surface area contributed by atoms with Gasteiger partial charge in [0.25, 0.3) is 0 Å². The van der Waals surface area contributed by atoms with Crippen molar-refractivity contribution in [3.8, 4) is 5.75 Å². The lowest BCUT2D eigenvalue weighted by Crippen LogP contribution is -2.44. The fraction of sp³-hybridized carbons (Fsp3) is 0.625. The lowest BCUT2D eigenvalue weighted by Gasteiger charge is -2.36. The van der Waals surface area contributed by atoms with Crippen LogP contribution in [-0.2, 0) is 0 Å². The van der Waals surface area contributed by atoms with Crippen LogP contribution in [0.5, 0.6) is 5.75 Å². The van der Waals surface area contributed by atoms with Crippen LogP contribution in [0.25, 0.3) is 0 Å². The molecule has 0 aliphatic carbocycles. The molecule has 0 aliphatic heterocycles. The SMILES string of the molecule is CCC(C)(C)N(C)CC(N)c1cc(C)ccc1OC. The average Bonchev–Trinajstić information content (AvgIpc) is 2.38. The van der Waals surface area contributed by atoms with E-state index in [0.29, 0.717) is 0 Å². The standard InChI is InChI=1S/C16H28N2O/c1-7-16(3,4)18(5)11-14(17)13-10-12(2)8-9-15(13)19-6/h8-10,14H,7,11,17H2,1-6H3. The molecule has 0 saturated carbocycles. The molecule has 1 aromatic carbocycles. The minimum atomic E-state index is -0.0364. The van der Waals surface area contributed by atoms with E-state index in [-0.39, 0.29) is 11.6 Å². The van der Waals surface area contributed by atoms with Crippen LogP contribution < -0.4 is 10.5 Å². The molecule has 0 heterocycles. The van der Waals surface area contributed by atoms with Gasteiger partial charge in [0.15, 0.2) is 0 Å². The highest BCUT2D eigenvalue weighted by atomic mass is 16.5. The molecule has 0 aromatic heterocycles. The number of aryl methyl sites for hydroxylation is 1. The molecule has 3 nitrogen and oxygen atoms in total. The fourth-order valence-electron chi connectivity index (χ4n) is 2.05. The maximum Gasteiger partial charge on any atom is 0.123 e. The summed E-state index contributed by atoms with van der Waals surface area (Å²) in [6.45, 7) is 9.59. The molecular formula is C16H28N2O. The van der Waals surface area contributed by atoms with Gasteiger partial charge in [-0.1, -0.05) is 24.6 Å². The van der Waals surface area contributed by atoms with Gasteiger partial charge in [0.1, 0.15) is 5.75 Å². The molecule has 1 rings (SSSR count). The summed E-state index contributed by atoms with van der Waals surface area (Å²) in [6.07, 6.45) is 1.10. The van der Waals surface area contributed by atoms with Crippen molar-refractivity contribution < 1.29 is 4.74 Å². The van der Waals surface area contributed by atoms with E-state index in [1.54, 1.807) is 7.11 Å². The first-order valence-corrected chi connectivity index (χ1v) is 6.93. The van der Waals surface area contributed by atoms with E-state index < -0.39 is 0 Å². The molecule has 1 aromatic rings. The van der Waals surface area contributed by atoms with Gasteiger partial charge in [-0.05, 0) is 40.3 Å². The Balaban J connectivity index is 2.89.